The Morgan fingerprint density at radius 3 is 2.68 bits per heavy atom. The van der Waals surface area contributed by atoms with Crippen molar-refractivity contribution in [2.75, 3.05) is 0 Å². The smallest absolute Gasteiger partial charge is 0.182 e. The van der Waals surface area contributed by atoms with E-state index < -0.39 is 5.82 Å². The molecule has 0 unspecified atom stereocenters. The second-order valence-corrected chi connectivity index (χ2v) is 4.10. The summed E-state index contributed by atoms with van der Waals surface area (Å²) in [5, 5.41) is 12.4. The predicted octanol–water partition coefficient (Wildman–Crippen LogP) is 1.32. The van der Waals surface area contributed by atoms with Crippen molar-refractivity contribution in [3.63, 3.8) is 0 Å². The Hall–Kier alpha value is -1.97. The number of amidine groups is 1. The molecule has 0 amide bonds. The third kappa shape index (κ3) is 4.02. The van der Waals surface area contributed by atoms with Gasteiger partial charge in [-0.2, -0.15) is 0 Å². The van der Waals surface area contributed by atoms with Gasteiger partial charge in [0, 0.05) is 0 Å². The van der Waals surface area contributed by atoms with E-state index in [2.05, 4.69) is 37.6 Å². The first-order valence-electron chi connectivity index (χ1n) is 4.82. The van der Waals surface area contributed by atoms with E-state index in [4.69, 9.17) is 16.8 Å². The highest BCUT2D eigenvalue weighted by Crippen LogP contribution is 2.22. The summed E-state index contributed by atoms with van der Waals surface area (Å²) >= 11 is 3.01. The fourth-order valence-electron chi connectivity index (χ4n) is 1.12. The molecular formula is C10H11BrFN5O2. The first-order valence-corrected chi connectivity index (χ1v) is 5.61. The van der Waals surface area contributed by atoms with Gasteiger partial charge in [-0.1, -0.05) is 11.7 Å². The zero-order valence-corrected chi connectivity index (χ0v) is 11.2. The molecule has 0 aliphatic heterocycles. The second-order valence-electron chi connectivity index (χ2n) is 3.24. The first kappa shape index (κ1) is 15.1. The zero-order chi connectivity index (χ0) is 14.4. The van der Waals surface area contributed by atoms with Gasteiger partial charge in [0.2, 0.25) is 0 Å². The van der Waals surface area contributed by atoms with Crippen molar-refractivity contribution in [1.29, 1.82) is 0 Å². The third-order valence-electron chi connectivity index (χ3n) is 1.92. The summed E-state index contributed by atoms with van der Waals surface area (Å²) in [5.74, 6) is 4.19. The number of hydrogen-bond acceptors (Lipinski definition) is 6. The number of hydrogen-bond donors (Lipinski definition) is 4. The molecule has 0 saturated carbocycles. The number of rotatable bonds is 4. The number of oxime groups is 1. The normalized spacial score (nSPS) is 12.2. The highest BCUT2D eigenvalue weighted by atomic mass is 79.9. The van der Waals surface area contributed by atoms with Crippen LogP contribution < -0.4 is 17.1 Å². The molecule has 6 N–H and O–H groups in total. The van der Waals surface area contributed by atoms with Crippen LogP contribution >= 0.6 is 15.9 Å². The van der Waals surface area contributed by atoms with Crippen molar-refractivity contribution in [2.45, 2.75) is 0 Å². The summed E-state index contributed by atoms with van der Waals surface area (Å²) in [4.78, 5) is 8.05. The Morgan fingerprint density at radius 2 is 2.21 bits per heavy atom. The van der Waals surface area contributed by atoms with E-state index in [1.165, 1.54) is 18.2 Å². The maximum Gasteiger partial charge on any atom is 0.182 e. The van der Waals surface area contributed by atoms with Gasteiger partial charge in [0.25, 0.3) is 0 Å². The van der Waals surface area contributed by atoms with Gasteiger partial charge < -0.3 is 10.7 Å². The van der Waals surface area contributed by atoms with Crippen LogP contribution in [0.5, 0.6) is 0 Å². The quantitative estimate of drug-likeness (QED) is 0.377. The lowest BCUT2D eigenvalue weighted by Crippen LogP contribution is -2.32. The van der Waals surface area contributed by atoms with Crippen LogP contribution in [0.4, 0.5) is 10.1 Å². The Kier molecular flexibility index (Phi) is 5.42. The van der Waals surface area contributed by atoms with Crippen LogP contribution in [0.25, 0.3) is 0 Å². The molecule has 7 nitrogen and oxygen atoms in total. The highest BCUT2D eigenvalue weighted by Gasteiger charge is 2.12. The molecule has 0 saturated heterocycles. The van der Waals surface area contributed by atoms with Gasteiger partial charge in [0.15, 0.2) is 11.5 Å². The summed E-state index contributed by atoms with van der Waals surface area (Å²) in [7, 11) is 0. The number of nitrogens with one attached hydrogen (secondary N) is 1. The molecule has 1 aromatic carbocycles. The molecule has 19 heavy (non-hydrogen) atoms. The fourth-order valence-corrected chi connectivity index (χ4v) is 1.49. The van der Waals surface area contributed by atoms with E-state index >= 15 is 0 Å². The summed E-state index contributed by atoms with van der Waals surface area (Å²) in [5.41, 5.74) is 7.43. The molecule has 0 radical (unpaired) electrons. The van der Waals surface area contributed by atoms with Gasteiger partial charge in [0.1, 0.15) is 5.82 Å². The lowest BCUT2D eigenvalue weighted by Gasteiger charge is -2.07. The average Bonchev–Trinajstić information content (AvgIpc) is 2.37. The minimum absolute atomic E-state index is 0.0353. The van der Waals surface area contributed by atoms with E-state index in [0.29, 0.717) is 5.69 Å². The van der Waals surface area contributed by atoms with Crippen LogP contribution in [0.1, 0.15) is 0 Å². The Labute approximate surface area is 116 Å². The van der Waals surface area contributed by atoms with Crippen LogP contribution in [0.15, 0.2) is 45.1 Å². The van der Waals surface area contributed by atoms with Gasteiger partial charge in [-0.05, 0) is 34.1 Å². The van der Waals surface area contributed by atoms with Gasteiger partial charge in [-0.25, -0.2) is 9.38 Å². The second kappa shape index (κ2) is 6.83. The molecular weight excluding hydrogens is 321 g/mol. The summed E-state index contributed by atoms with van der Waals surface area (Å²) in [6.45, 7) is 3.43. The predicted molar refractivity (Wildman–Crippen MR) is 72.2 cm³/mol. The molecule has 9 heteroatoms. The monoisotopic (exact) mass is 331 g/mol. The molecule has 0 fully saturated rings. The Morgan fingerprint density at radius 1 is 1.53 bits per heavy atom. The lowest BCUT2D eigenvalue weighted by molar-refractivity contribution is 0.149. The average molecular weight is 332 g/mol. The number of nitrogens with zero attached hydrogens (tertiary/aromatic N) is 2. The SMILES string of the molecule is C=C(N)/C(=N\ON)C(=Nc1ccc(F)c(Br)c1)NO. The molecule has 1 rings (SSSR count). The van der Waals surface area contributed by atoms with E-state index in [9.17, 15) is 4.39 Å². The van der Waals surface area contributed by atoms with E-state index in [1.54, 1.807) is 5.48 Å². The highest BCUT2D eigenvalue weighted by molar-refractivity contribution is 9.10. The third-order valence-corrected chi connectivity index (χ3v) is 2.53. The van der Waals surface area contributed by atoms with Crippen molar-refractivity contribution in [3.05, 3.63) is 40.8 Å². The number of aliphatic imine (C=N–C) groups is 1. The first-order chi connectivity index (χ1) is 8.99. The maximum atomic E-state index is 13.1. The summed E-state index contributed by atoms with van der Waals surface area (Å²) in [6, 6.07) is 3.98. The van der Waals surface area contributed by atoms with Crippen molar-refractivity contribution in [1.82, 2.24) is 5.48 Å². The molecule has 0 bridgehead atoms. The zero-order valence-electron chi connectivity index (χ0n) is 9.60. The van der Waals surface area contributed by atoms with Crippen LogP contribution in [-0.4, -0.2) is 16.8 Å². The van der Waals surface area contributed by atoms with E-state index in [-0.39, 0.29) is 21.7 Å². The molecule has 0 atom stereocenters. The summed E-state index contributed by atoms with van der Waals surface area (Å²) < 4.78 is 13.3. The Bertz CT molecular complexity index is 547. The minimum Gasteiger partial charge on any atom is -0.397 e. The molecule has 0 aromatic heterocycles. The minimum atomic E-state index is -0.445. The van der Waals surface area contributed by atoms with Gasteiger partial charge in [0.05, 0.1) is 15.9 Å². The molecule has 0 aliphatic rings. The maximum absolute atomic E-state index is 13.1. The number of halogens is 2. The van der Waals surface area contributed by atoms with Gasteiger partial charge in [-0.3, -0.25) is 10.7 Å². The Balaban J connectivity index is 3.20. The van der Waals surface area contributed by atoms with E-state index in [1.807, 2.05) is 0 Å². The fraction of sp³-hybridized carbons (Fsp3) is 0. The molecule has 0 spiro atoms. The van der Waals surface area contributed by atoms with Gasteiger partial charge >= 0.3 is 0 Å². The largest absolute Gasteiger partial charge is 0.397 e. The lowest BCUT2D eigenvalue weighted by atomic mass is 10.2. The number of benzene rings is 1. The van der Waals surface area contributed by atoms with Crippen molar-refractivity contribution >= 4 is 33.2 Å². The van der Waals surface area contributed by atoms with Crippen molar-refractivity contribution in [2.24, 2.45) is 21.8 Å². The molecule has 1 aromatic rings. The van der Waals surface area contributed by atoms with E-state index in [0.717, 1.165) is 0 Å². The van der Waals surface area contributed by atoms with Crippen LogP contribution in [0.2, 0.25) is 0 Å². The summed E-state index contributed by atoms with van der Waals surface area (Å²) in [6.07, 6.45) is 0. The number of nitrogens with two attached hydrogens (primary N) is 2. The number of hydroxylamine groups is 1. The standard InChI is InChI=1S/C10H11BrFN5O2/c1-5(13)9(17-19-14)10(16-18)15-6-2-3-8(12)7(11)4-6/h2-4,18H,1,13-14H2,(H,15,16)/b17-9+. The molecule has 0 aliphatic carbocycles. The van der Waals surface area contributed by atoms with Crippen LogP contribution in [-0.2, 0) is 4.94 Å². The van der Waals surface area contributed by atoms with Crippen molar-refractivity contribution < 1.29 is 14.5 Å². The van der Waals surface area contributed by atoms with Crippen LogP contribution in [0, 0.1) is 5.82 Å². The topological polar surface area (TPSA) is 118 Å². The molecule has 102 valence electrons. The van der Waals surface area contributed by atoms with Gasteiger partial charge in [-0.15, -0.1) is 5.90 Å². The van der Waals surface area contributed by atoms with Crippen LogP contribution in [0.3, 0.4) is 0 Å². The van der Waals surface area contributed by atoms with Crippen molar-refractivity contribution in [3.8, 4) is 0 Å². The molecule has 0 heterocycles.